The van der Waals surface area contributed by atoms with Gasteiger partial charge in [-0.25, -0.2) is 14.8 Å². The number of nitrogens with one attached hydrogen (secondary N) is 1. The summed E-state index contributed by atoms with van der Waals surface area (Å²) < 4.78 is 46.6. The molecule has 1 aromatic carbocycles. The van der Waals surface area contributed by atoms with Crippen molar-refractivity contribution < 1.29 is 32.6 Å². The minimum absolute atomic E-state index is 0.143. The topological polar surface area (TPSA) is 108 Å². The molecule has 188 valence electrons. The maximum atomic E-state index is 13.8. The maximum Gasteiger partial charge on any atom is 0.434 e. The molecule has 2 N–H and O–H groups in total. The molecule has 1 saturated heterocycles. The molecule has 2 amide bonds. The van der Waals surface area contributed by atoms with Gasteiger partial charge in [0.1, 0.15) is 6.61 Å². The first-order valence-corrected chi connectivity index (χ1v) is 11.2. The lowest BCUT2D eigenvalue weighted by Crippen LogP contribution is -2.50. The zero-order valence-corrected chi connectivity index (χ0v) is 19.3. The fourth-order valence-electron chi connectivity index (χ4n) is 4.17. The number of ether oxygens (including phenoxy) is 1. The van der Waals surface area contributed by atoms with Gasteiger partial charge in [0.15, 0.2) is 5.69 Å². The molecule has 2 aliphatic rings. The highest BCUT2D eigenvalue weighted by Gasteiger charge is 2.40. The van der Waals surface area contributed by atoms with Gasteiger partial charge in [-0.2, -0.15) is 13.2 Å². The van der Waals surface area contributed by atoms with Crippen LogP contribution in [-0.2, 0) is 17.5 Å². The highest BCUT2D eigenvalue weighted by atomic mass is 19.4. The molecule has 1 fully saturated rings. The van der Waals surface area contributed by atoms with E-state index >= 15 is 0 Å². The van der Waals surface area contributed by atoms with Gasteiger partial charge in [0.2, 0.25) is 5.95 Å². The molecule has 1 aromatic heterocycles. The van der Waals surface area contributed by atoms with Crippen LogP contribution in [-0.4, -0.2) is 58.4 Å². The summed E-state index contributed by atoms with van der Waals surface area (Å²) in [6.07, 6.45) is -3.52. The maximum absolute atomic E-state index is 13.8. The average Bonchev–Trinajstić information content (AvgIpc) is 2.83. The van der Waals surface area contributed by atoms with Crippen molar-refractivity contribution in [3.8, 4) is 0 Å². The predicted octanol–water partition coefficient (Wildman–Crippen LogP) is 3.12. The second-order valence-corrected chi connectivity index (χ2v) is 9.20. The molecule has 12 heteroatoms. The smallest absolute Gasteiger partial charge is 0.434 e. The number of cyclic esters (lactones) is 1. The molecule has 4 rings (SSSR count). The van der Waals surface area contributed by atoms with Crippen LogP contribution in [0.5, 0.6) is 0 Å². The number of carbonyl (C=O) groups excluding carboxylic acids is 2. The van der Waals surface area contributed by atoms with E-state index in [9.17, 15) is 27.9 Å². The summed E-state index contributed by atoms with van der Waals surface area (Å²) in [6, 6.07) is 7.25. The van der Waals surface area contributed by atoms with Crippen LogP contribution in [0.4, 0.5) is 29.6 Å². The molecular formula is C23H26F3N5O4. The number of nitrogens with zero attached hydrogens (tertiary/aromatic N) is 4. The first-order valence-electron chi connectivity index (χ1n) is 11.2. The highest BCUT2D eigenvalue weighted by Crippen LogP contribution is 2.34. The van der Waals surface area contributed by atoms with E-state index in [0.717, 1.165) is 17.4 Å². The summed E-state index contributed by atoms with van der Waals surface area (Å²) in [6.45, 7) is 3.34. The summed E-state index contributed by atoms with van der Waals surface area (Å²) in [4.78, 5) is 35.9. The number of aliphatic hydroxyl groups is 1. The third kappa shape index (κ3) is 5.16. The number of amides is 2. The Labute approximate surface area is 199 Å². The molecule has 9 nitrogen and oxygen atoms in total. The van der Waals surface area contributed by atoms with Crippen LogP contribution < -0.4 is 15.1 Å². The van der Waals surface area contributed by atoms with E-state index in [1.54, 1.807) is 9.80 Å². The molecule has 0 radical (unpaired) electrons. The van der Waals surface area contributed by atoms with Gasteiger partial charge in [-0.3, -0.25) is 9.69 Å². The fraction of sp³-hybridized carbons (Fsp3) is 0.478. The summed E-state index contributed by atoms with van der Waals surface area (Å²) >= 11 is 0. The van der Waals surface area contributed by atoms with E-state index < -0.39 is 41.6 Å². The number of hydrogen-bond donors (Lipinski definition) is 2. The Morgan fingerprint density at radius 1 is 1.23 bits per heavy atom. The number of hydrogen-bond acceptors (Lipinski definition) is 7. The normalized spacial score (nSPS) is 17.1. The van der Waals surface area contributed by atoms with E-state index in [4.69, 9.17) is 4.74 Å². The zero-order chi connectivity index (χ0) is 25.4. The van der Waals surface area contributed by atoms with Crippen LogP contribution in [0.3, 0.4) is 0 Å². The van der Waals surface area contributed by atoms with Gasteiger partial charge in [-0.05, 0) is 32.8 Å². The minimum Gasteiger partial charge on any atom is -0.444 e. The number of carbonyl (C=O) groups is 2. The number of piperidine rings is 1. The van der Waals surface area contributed by atoms with Gasteiger partial charge >= 0.3 is 12.3 Å². The third-order valence-electron chi connectivity index (χ3n) is 6.05. The van der Waals surface area contributed by atoms with Crippen molar-refractivity contribution in [3.63, 3.8) is 0 Å². The molecular weight excluding hydrogens is 467 g/mol. The van der Waals surface area contributed by atoms with Gasteiger partial charge in [-0.1, -0.05) is 18.2 Å². The number of para-hydroxylation sites is 1. The molecule has 0 atom stereocenters. The third-order valence-corrected chi connectivity index (χ3v) is 6.05. The van der Waals surface area contributed by atoms with Crippen molar-refractivity contribution in [2.75, 3.05) is 29.5 Å². The van der Waals surface area contributed by atoms with E-state index in [1.165, 1.54) is 13.8 Å². The second kappa shape index (κ2) is 9.33. The summed E-state index contributed by atoms with van der Waals surface area (Å²) in [5, 5.41) is 11.7. The van der Waals surface area contributed by atoms with E-state index in [2.05, 4.69) is 15.3 Å². The molecule has 0 spiro atoms. The molecule has 2 aromatic rings. The number of benzene rings is 1. The Balaban J connectivity index is 1.52. The Bertz CT molecular complexity index is 1120. The lowest BCUT2D eigenvalue weighted by Gasteiger charge is -2.40. The quantitative estimate of drug-likeness (QED) is 0.659. The molecule has 0 aliphatic carbocycles. The monoisotopic (exact) mass is 493 g/mol. The molecule has 35 heavy (non-hydrogen) atoms. The van der Waals surface area contributed by atoms with Crippen LogP contribution in [0.2, 0.25) is 0 Å². The van der Waals surface area contributed by atoms with Crippen LogP contribution >= 0.6 is 0 Å². The van der Waals surface area contributed by atoms with E-state index in [0.29, 0.717) is 25.9 Å². The van der Waals surface area contributed by atoms with Crippen molar-refractivity contribution in [1.82, 2.24) is 15.3 Å². The van der Waals surface area contributed by atoms with Crippen molar-refractivity contribution in [2.45, 2.75) is 51.1 Å². The number of halogens is 3. The first kappa shape index (κ1) is 24.7. The zero-order valence-electron chi connectivity index (χ0n) is 19.3. The van der Waals surface area contributed by atoms with Crippen molar-refractivity contribution >= 4 is 23.6 Å². The number of aliphatic hydroxyl groups excluding tert-OH is 1. The standard InChI is InChI=1S/C23H26F3N5O4/c1-22(2,13-32)29-19(33)16-11-27-20(28-18(16)23(24,25)26)30-9-7-15(8-10-30)31-17-6-4-3-5-14(17)12-35-21(31)34/h3-6,11,15,32H,7-10,12-13H2,1-2H3,(H,29,33). The molecule has 0 bridgehead atoms. The first-order chi connectivity index (χ1) is 16.5. The SMILES string of the molecule is CC(C)(CO)NC(=O)c1cnc(N2CCC(N3C(=O)OCc4ccccc43)CC2)nc1C(F)(F)F. The lowest BCUT2D eigenvalue weighted by atomic mass is 10.0. The largest absolute Gasteiger partial charge is 0.444 e. The van der Waals surface area contributed by atoms with Crippen LogP contribution in [0, 0.1) is 0 Å². The van der Waals surface area contributed by atoms with Crippen LogP contribution in [0.1, 0.15) is 48.3 Å². The van der Waals surface area contributed by atoms with Crippen molar-refractivity contribution in [2.24, 2.45) is 0 Å². The Hall–Kier alpha value is -3.41. The van der Waals surface area contributed by atoms with E-state index in [-0.39, 0.29) is 18.6 Å². The summed E-state index contributed by atoms with van der Waals surface area (Å²) in [5.41, 5.74) is -1.51. The van der Waals surface area contributed by atoms with Crippen molar-refractivity contribution in [3.05, 3.63) is 47.3 Å². The van der Waals surface area contributed by atoms with E-state index in [1.807, 2.05) is 24.3 Å². The lowest BCUT2D eigenvalue weighted by molar-refractivity contribution is -0.141. The fourth-order valence-corrected chi connectivity index (χ4v) is 4.17. The number of alkyl halides is 3. The van der Waals surface area contributed by atoms with Gasteiger partial charge < -0.3 is 20.1 Å². The minimum atomic E-state index is -4.88. The number of anilines is 2. The van der Waals surface area contributed by atoms with Crippen LogP contribution in [0.15, 0.2) is 30.5 Å². The number of fused-ring (bicyclic) bond motifs is 1. The van der Waals surface area contributed by atoms with Crippen LogP contribution in [0.25, 0.3) is 0 Å². The summed E-state index contributed by atoms with van der Waals surface area (Å²) in [5.74, 6) is -1.17. The number of aromatic nitrogens is 2. The number of rotatable bonds is 5. The van der Waals surface area contributed by atoms with Gasteiger partial charge in [0.25, 0.3) is 5.91 Å². The average molecular weight is 493 g/mol. The predicted molar refractivity (Wildman–Crippen MR) is 120 cm³/mol. The Morgan fingerprint density at radius 2 is 1.91 bits per heavy atom. The van der Waals surface area contributed by atoms with Gasteiger partial charge in [0, 0.05) is 30.9 Å². The van der Waals surface area contributed by atoms with Crippen molar-refractivity contribution in [1.29, 1.82) is 0 Å². The Kier molecular flexibility index (Phi) is 6.58. The molecule has 0 saturated carbocycles. The summed E-state index contributed by atoms with van der Waals surface area (Å²) in [7, 11) is 0. The molecule has 2 aliphatic heterocycles. The second-order valence-electron chi connectivity index (χ2n) is 9.20. The van der Waals surface area contributed by atoms with Gasteiger partial charge in [-0.15, -0.1) is 0 Å². The molecule has 0 unspecified atom stereocenters. The highest BCUT2D eigenvalue weighted by molar-refractivity contribution is 5.95. The Morgan fingerprint density at radius 3 is 2.57 bits per heavy atom. The van der Waals surface area contributed by atoms with Gasteiger partial charge in [0.05, 0.1) is 23.4 Å². The molecule has 3 heterocycles.